The van der Waals surface area contributed by atoms with Crippen LogP contribution in [0.4, 0.5) is 4.39 Å². The number of methoxy groups -OCH3 is 1. The van der Waals surface area contributed by atoms with Crippen molar-refractivity contribution in [1.82, 2.24) is 0 Å². The number of ether oxygens (including phenoxy) is 3. The normalized spacial score (nSPS) is 10.9. The van der Waals surface area contributed by atoms with E-state index < -0.39 is 24.2 Å². The molecule has 7 heteroatoms. The molecule has 2 aromatic carbocycles. The summed E-state index contributed by atoms with van der Waals surface area (Å²) in [5.41, 5.74) is 0.451. The average molecular weight is 407 g/mol. The molecule has 0 aromatic heterocycles. The molecular weight excluding hydrogens is 387 g/mol. The van der Waals surface area contributed by atoms with Gasteiger partial charge < -0.3 is 14.2 Å². The van der Waals surface area contributed by atoms with Crippen molar-refractivity contribution in [2.75, 3.05) is 13.7 Å². The van der Waals surface area contributed by atoms with E-state index in [2.05, 4.69) is 0 Å². The van der Waals surface area contributed by atoms with Gasteiger partial charge in [-0.05, 0) is 49.8 Å². The van der Waals surface area contributed by atoms with Crippen LogP contribution in [0.5, 0.6) is 11.5 Å². The molecule has 148 valence electrons. The van der Waals surface area contributed by atoms with Crippen molar-refractivity contribution in [3.63, 3.8) is 0 Å². The molecule has 0 unspecified atom stereocenters. The van der Waals surface area contributed by atoms with E-state index in [9.17, 15) is 14.0 Å². The molecule has 0 aliphatic carbocycles. The van der Waals surface area contributed by atoms with E-state index in [4.69, 9.17) is 25.8 Å². The van der Waals surface area contributed by atoms with Crippen LogP contribution in [0.1, 0.15) is 29.8 Å². The van der Waals surface area contributed by atoms with Gasteiger partial charge in [-0.25, -0.2) is 9.18 Å². The molecule has 5 nitrogen and oxygen atoms in total. The van der Waals surface area contributed by atoms with Crippen molar-refractivity contribution in [2.24, 2.45) is 0 Å². The van der Waals surface area contributed by atoms with E-state index in [1.165, 1.54) is 37.5 Å². The zero-order chi connectivity index (χ0) is 20.7. The number of carbonyl (C=O) groups is 2. The van der Waals surface area contributed by atoms with Crippen molar-refractivity contribution < 1.29 is 28.2 Å². The van der Waals surface area contributed by atoms with Gasteiger partial charge in [-0.1, -0.05) is 23.7 Å². The van der Waals surface area contributed by atoms with Gasteiger partial charge in [0.2, 0.25) is 5.78 Å². The summed E-state index contributed by atoms with van der Waals surface area (Å²) in [6, 6.07) is 8.75. The van der Waals surface area contributed by atoms with Gasteiger partial charge >= 0.3 is 5.97 Å². The summed E-state index contributed by atoms with van der Waals surface area (Å²) < 4.78 is 29.3. The zero-order valence-electron chi connectivity index (χ0n) is 15.7. The van der Waals surface area contributed by atoms with Crippen LogP contribution in [-0.2, 0) is 9.53 Å². The number of benzene rings is 2. The molecule has 2 rings (SSSR count). The molecular formula is C21H20ClFO5. The number of esters is 1. The summed E-state index contributed by atoms with van der Waals surface area (Å²) in [5, 5.41) is 0.329. The Morgan fingerprint density at radius 3 is 2.57 bits per heavy atom. The lowest BCUT2D eigenvalue weighted by molar-refractivity contribution is -0.136. The monoisotopic (exact) mass is 406 g/mol. The highest BCUT2D eigenvalue weighted by atomic mass is 35.5. The maximum absolute atomic E-state index is 13.5. The van der Waals surface area contributed by atoms with Gasteiger partial charge in [0.1, 0.15) is 5.82 Å². The molecule has 0 spiro atoms. The first-order valence-corrected chi connectivity index (χ1v) is 8.86. The first kappa shape index (κ1) is 21.4. The Morgan fingerprint density at radius 1 is 1.21 bits per heavy atom. The van der Waals surface area contributed by atoms with Gasteiger partial charge in [0, 0.05) is 6.08 Å². The minimum atomic E-state index is -0.748. The van der Waals surface area contributed by atoms with Crippen molar-refractivity contribution in [3.8, 4) is 11.5 Å². The van der Waals surface area contributed by atoms with Crippen molar-refractivity contribution in [3.05, 3.63) is 64.4 Å². The predicted octanol–water partition coefficient (Wildman–Crippen LogP) is 4.71. The van der Waals surface area contributed by atoms with Crippen LogP contribution < -0.4 is 9.47 Å². The van der Waals surface area contributed by atoms with Crippen molar-refractivity contribution >= 4 is 29.4 Å². The molecule has 0 heterocycles. The van der Waals surface area contributed by atoms with Crippen LogP contribution in [-0.4, -0.2) is 31.6 Å². The predicted molar refractivity (Wildman–Crippen MR) is 104 cm³/mol. The molecule has 0 fully saturated rings. The van der Waals surface area contributed by atoms with Crippen LogP contribution in [0.3, 0.4) is 0 Å². The largest absolute Gasteiger partial charge is 0.493 e. The maximum atomic E-state index is 13.5. The maximum Gasteiger partial charge on any atom is 0.331 e. The van der Waals surface area contributed by atoms with E-state index in [1.807, 2.05) is 13.8 Å². The van der Waals surface area contributed by atoms with E-state index >= 15 is 0 Å². The second-order valence-electron chi connectivity index (χ2n) is 6.04. The van der Waals surface area contributed by atoms with E-state index in [-0.39, 0.29) is 11.7 Å². The van der Waals surface area contributed by atoms with E-state index in [0.29, 0.717) is 22.1 Å². The van der Waals surface area contributed by atoms with Crippen LogP contribution in [0.2, 0.25) is 5.02 Å². The Hall–Kier alpha value is -2.86. The zero-order valence-corrected chi connectivity index (χ0v) is 16.5. The third-order valence-corrected chi connectivity index (χ3v) is 3.82. The SMILES string of the molecule is COc1cc(/C=C/C(=O)OCC(=O)c2ccccc2F)cc(Cl)c1OC(C)C. The fourth-order valence-corrected chi connectivity index (χ4v) is 2.56. The standard InChI is InChI=1S/C21H20ClFO5/c1-13(2)28-21-16(22)10-14(11-19(21)26-3)8-9-20(25)27-12-18(24)15-6-4-5-7-17(15)23/h4-11,13H,12H2,1-3H3/b9-8+. The summed E-state index contributed by atoms with van der Waals surface area (Å²) in [6.07, 6.45) is 2.52. The minimum Gasteiger partial charge on any atom is -0.493 e. The van der Waals surface area contributed by atoms with Gasteiger partial charge in [-0.2, -0.15) is 0 Å². The van der Waals surface area contributed by atoms with E-state index in [0.717, 1.165) is 6.08 Å². The van der Waals surface area contributed by atoms with Gasteiger partial charge in [0.25, 0.3) is 0 Å². The summed E-state index contributed by atoms with van der Waals surface area (Å²) in [4.78, 5) is 23.8. The van der Waals surface area contributed by atoms with Crippen LogP contribution >= 0.6 is 11.6 Å². The lowest BCUT2D eigenvalue weighted by Gasteiger charge is -2.15. The molecule has 0 radical (unpaired) electrons. The molecule has 0 amide bonds. The number of halogens is 2. The fraction of sp³-hybridized carbons (Fsp3) is 0.238. The quantitative estimate of drug-likeness (QED) is 0.361. The number of hydrogen-bond donors (Lipinski definition) is 0. The van der Waals surface area contributed by atoms with E-state index in [1.54, 1.807) is 12.1 Å². The second-order valence-corrected chi connectivity index (χ2v) is 6.45. The smallest absolute Gasteiger partial charge is 0.331 e. The number of rotatable bonds is 8. The number of Topliss-reactive ketones (excluding diaryl/α,β-unsaturated/α-hetero) is 1. The summed E-state index contributed by atoms with van der Waals surface area (Å²) >= 11 is 6.22. The highest BCUT2D eigenvalue weighted by Crippen LogP contribution is 2.37. The van der Waals surface area contributed by atoms with Crippen molar-refractivity contribution in [1.29, 1.82) is 0 Å². The fourth-order valence-electron chi connectivity index (χ4n) is 2.30. The van der Waals surface area contributed by atoms with Gasteiger partial charge in [0.15, 0.2) is 18.1 Å². The van der Waals surface area contributed by atoms with Gasteiger partial charge in [-0.15, -0.1) is 0 Å². The van der Waals surface area contributed by atoms with Gasteiger partial charge in [0.05, 0.1) is 23.8 Å². The second kappa shape index (κ2) is 9.90. The number of hydrogen-bond acceptors (Lipinski definition) is 5. The Labute approximate surface area is 167 Å². The molecule has 0 aliphatic heterocycles. The lowest BCUT2D eigenvalue weighted by atomic mass is 10.1. The Kier molecular flexibility index (Phi) is 7.58. The average Bonchev–Trinajstić information content (AvgIpc) is 2.66. The molecule has 0 aliphatic rings. The van der Waals surface area contributed by atoms with Crippen LogP contribution in [0, 0.1) is 5.82 Å². The Bertz CT molecular complexity index is 892. The molecule has 0 bridgehead atoms. The van der Waals surface area contributed by atoms with Crippen LogP contribution in [0.15, 0.2) is 42.5 Å². The summed E-state index contributed by atoms with van der Waals surface area (Å²) in [5.74, 6) is -1.20. The van der Waals surface area contributed by atoms with Gasteiger partial charge in [-0.3, -0.25) is 4.79 Å². The first-order valence-electron chi connectivity index (χ1n) is 8.48. The highest BCUT2D eigenvalue weighted by Gasteiger charge is 2.14. The van der Waals surface area contributed by atoms with Crippen LogP contribution in [0.25, 0.3) is 6.08 Å². The molecule has 0 N–H and O–H groups in total. The molecule has 0 saturated heterocycles. The number of carbonyl (C=O) groups excluding carboxylic acids is 2. The summed E-state index contributed by atoms with van der Waals surface area (Å²) in [6.45, 7) is 3.17. The summed E-state index contributed by atoms with van der Waals surface area (Å²) in [7, 11) is 1.48. The minimum absolute atomic E-state index is 0.0882. The molecule has 2 aromatic rings. The molecule has 0 atom stereocenters. The third kappa shape index (κ3) is 5.82. The lowest BCUT2D eigenvalue weighted by Crippen LogP contribution is -2.13. The third-order valence-electron chi connectivity index (χ3n) is 3.54. The topological polar surface area (TPSA) is 61.8 Å². The van der Waals surface area contributed by atoms with Crippen molar-refractivity contribution in [2.45, 2.75) is 20.0 Å². The highest BCUT2D eigenvalue weighted by molar-refractivity contribution is 6.32. The number of ketones is 1. The molecule has 28 heavy (non-hydrogen) atoms. The molecule has 0 saturated carbocycles. The Morgan fingerprint density at radius 2 is 1.93 bits per heavy atom. The first-order chi connectivity index (χ1) is 13.3. The Balaban J connectivity index is 2.03.